The van der Waals surface area contributed by atoms with Crippen LogP contribution in [0.2, 0.25) is 0 Å². The zero-order chi connectivity index (χ0) is 22.7. The molecule has 3 aromatic carbocycles. The van der Waals surface area contributed by atoms with Crippen molar-refractivity contribution in [3.63, 3.8) is 0 Å². The van der Waals surface area contributed by atoms with Crippen molar-refractivity contribution in [3.8, 4) is 17.2 Å². The van der Waals surface area contributed by atoms with Crippen molar-refractivity contribution in [2.45, 2.75) is 0 Å². The van der Waals surface area contributed by atoms with Gasteiger partial charge in [-0.25, -0.2) is 0 Å². The van der Waals surface area contributed by atoms with Crippen LogP contribution in [0.1, 0.15) is 31.1 Å². The molecule has 0 bridgehead atoms. The molecule has 160 valence electrons. The summed E-state index contributed by atoms with van der Waals surface area (Å²) in [5, 5.41) is 57.0. The fraction of sp³-hybridized carbons (Fsp3) is 0. The van der Waals surface area contributed by atoms with E-state index in [1.165, 1.54) is 54.6 Å². The number of phenols is 3. The molecule has 0 heterocycles. The van der Waals surface area contributed by atoms with Crippen LogP contribution in [0.15, 0.2) is 72.8 Å². The molecule has 0 aliphatic heterocycles. The second kappa shape index (κ2) is 14.1. The van der Waals surface area contributed by atoms with E-state index in [2.05, 4.69) is 0 Å². The minimum atomic E-state index is -1.36. The Morgan fingerprint density at radius 3 is 0.806 bits per heavy atom. The van der Waals surface area contributed by atoms with E-state index >= 15 is 0 Å². The van der Waals surface area contributed by atoms with Gasteiger partial charge < -0.3 is 45.0 Å². The van der Waals surface area contributed by atoms with E-state index in [0.717, 1.165) is 0 Å². The zero-order valence-electron chi connectivity index (χ0n) is 15.6. The summed E-state index contributed by atoms with van der Waals surface area (Å²) >= 11 is 0. The summed E-state index contributed by atoms with van der Waals surface area (Å²) in [6, 6.07) is 16.9. The van der Waals surface area contributed by atoms with Crippen LogP contribution in [0.3, 0.4) is 0 Å². The van der Waals surface area contributed by atoms with Crippen LogP contribution in [0.5, 0.6) is 17.2 Å². The Balaban J connectivity index is 0.000000429. The van der Waals surface area contributed by atoms with Crippen molar-refractivity contribution in [1.29, 1.82) is 0 Å². The Hall–Kier alpha value is -2.95. The number of carboxylic acid groups (broad SMARTS) is 3. The van der Waals surface area contributed by atoms with Crippen molar-refractivity contribution in [3.05, 3.63) is 89.5 Å². The van der Waals surface area contributed by atoms with Gasteiger partial charge in [0.1, 0.15) is 17.2 Å². The van der Waals surface area contributed by atoms with Crippen LogP contribution in [0, 0.1) is 49.4 Å². The largest absolute Gasteiger partial charge is 3.00 e. The quantitative estimate of drug-likeness (QED) is 0.370. The van der Waals surface area contributed by atoms with E-state index in [0.29, 0.717) is 0 Å². The van der Waals surface area contributed by atoms with Gasteiger partial charge in [-0.15, -0.1) is 0 Å². The number of hydrogen-bond donors (Lipinski definition) is 3. The first kappa shape index (κ1) is 28.1. The number of benzene rings is 3. The molecule has 0 fully saturated rings. The topological polar surface area (TPSA) is 181 Å². The molecule has 0 aliphatic carbocycles. The van der Waals surface area contributed by atoms with Crippen molar-refractivity contribution < 1.29 is 94.4 Å². The van der Waals surface area contributed by atoms with Gasteiger partial charge in [-0.1, -0.05) is 36.4 Å². The molecule has 0 spiro atoms. The van der Waals surface area contributed by atoms with Gasteiger partial charge in [0.2, 0.25) is 0 Å². The van der Waals surface area contributed by atoms with Gasteiger partial charge >= 0.3 is 49.4 Å². The van der Waals surface area contributed by atoms with Gasteiger partial charge in [-0.3, -0.25) is 0 Å². The summed E-state index contributed by atoms with van der Waals surface area (Å²) in [6.07, 6.45) is 0. The first-order chi connectivity index (χ1) is 14.1. The Labute approximate surface area is 217 Å². The van der Waals surface area contributed by atoms with E-state index in [-0.39, 0.29) is 83.3 Å². The van der Waals surface area contributed by atoms with Crippen molar-refractivity contribution in [2.24, 2.45) is 0 Å². The summed E-state index contributed by atoms with van der Waals surface area (Å²) in [6.45, 7) is 0. The molecule has 0 radical (unpaired) electrons. The SMILES string of the molecule is O=C([O-])c1ccccc1O.O=C([O-])c1ccccc1O.O=C([O-])c1ccccc1O.[Eu+3]. The van der Waals surface area contributed by atoms with Gasteiger partial charge in [0, 0.05) is 16.7 Å². The molecule has 10 heteroatoms. The third-order valence-electron chi connectivity index (χ3n) is 3.37. The number of aromatic carboxylic acids is 3. The Morgan fingerprint density at radius 2 is 0.677 bits per heavy atom. The number of hydrogen-bond acceptors (Lipinski definition) is 9. The third kappa shape index (κ3) is 9.60. The first-order valence-corrected chi connectivity index (χ1v) is 8.13. The van der Waals surface area contributed by atoms with Gasteiger partial charge in [-0.05, 0) is 36.4 Å². The second-order valence-electron chi connectivity index (χ2n) is 5.41. The number of carbonyl (C=O) groups is 3. The Kier molecular flexibility index (Phi) is 12.8. The molecular weight excluding hydrogens is 548 g/mol. The van der Waals surface area contributed by atoms with E-state index in [9.17, 15) is 29.7 Å². The molecule has 0 amide bonds. The van der Waals surface area contributed by atoms with Crippen LogP contribution >= 0.6 is 0 Å². The van der Waals surface area contributed by atoms with Gasteiger partial charge in [0.15, 0.2) is 0 Å². The average Bonchev–Trinajstić information content (AvgIpc) is 2.69. The van der Waals surface area contributed by atoms with Crippen LogP contribution < -0.4 is 15.3 Å². The van der Waals surface area contributed by atoms with E-state index < -0.39 is 17.9 Å². The summed E-state index contributed by atoms with van der Waals surface area (Å²) in [5.74, 6) is -4.87. The summed E-state index contributed by atoms with van der Waals surface area (Å²) in [4.78, 5) is 30.5. The minimum Gasteiger partial charge on any atom is -0.545 e. The molecule has 0 aromatic heterocycles. The van der Waals surface area contributed by atoms with Gasteiger partial charge in [-0.2, -0.15) is 0 Å². The molecule has 0 saturated carbocycles. The van der Waals surface area contributed by atoms with Crippen LogP contribution in [0.25, 0.3) is 0 Å². The van der Waals surface area contributed by atoms with E-state index in [1.807, 2.05) is 0 Å². The first-order valence-electron chi connectivity index (χ1n) is 8.13. The molecule has 3 rings (SSSR count). The summed E-state index contributed by atoms with van der Waals surface area (Å²) in [7, 11) is 0. The predicted molar refractivity (Wildman–Crippen MR) is 97.3 cm³/mol. The van der Waals surface area contributed by atoms with Gasteiger partial charge in [0.05, 0.1) is 17.9 Å². The fourth-order valence-corrected chi connectivity index (χ4v) is 1.94. The smallest absolute Gasteiger partial charge is 0.545 e. The second-order valence-corrected chi connectivity index (χ2v) is 5.41. The summed E-state index contributed by atoms with van der Waals surface area (Å²) in [5.41, 5.74) is -0.535. The minimum absolute atomic E-state index is 0. The molecule has 3 aromatic rings. The molecule has 0 unspecified atom stereocenters. The maximum atomic E-state index is 10.2. The number of para-hydroxylation sites is 3. The molecule has 9 nitrogen and oxygen atoms in total. The zero-order valence-corrected chi connectivity index (χ0v) is 18.0. The van der Waals surface area contributed by atoms with E-state index in [4.69, 9.17) is 15.3 Å². The maximum Gasteiger partial charge on any atom is 3.00 e. The van der Waals surface area contributed by atoms with Crippen molar-refractivity contribution in [2.75, 3.05) is 0 Å². The molecular formula is C21H15EuO9. The average molecular weight is 563 g/mol. The number of carboxylic acids is 3. The number of rotatable bonds is 3. The number of aromatic hydroxyl groups is 3. The van der Waals surface area contributed by atoms with Crippen LogP contribution in [0.4, 0.5) is 0 Å². The van der Waals surface area contributed by atoms with Crippen LogP contribution in [-0.4, -0.2) is 33.2 Å². The molecule has 31 heavy (non-hydrogen) atoms. The molecule has 0 atom stereocenters. The Morgan fingerprint density at radius 1 is 0.484 bits per heavy atom. The summed E-state index contributed by atoms with van der Waals surface area (Å²) < 4.78 is 0. The number of carbonyl (C=O) groups excluding carboxylic acids is 3. The van der Waals surface area contributed by atoms with Gasteiger partial charge in [0.25, 0.3) is 0 Å². The monoisotopic (exact) mass is 564 g/mol. The fourth-order valence-electron chi connectivity index (χ4n) is 1.94. The standard InChI is InChI=1S/3C7H6O3.Eu/c3*8-6-4-2-1-3-5(6)7(9)10;/h3*1-4,8H,(H,9,10);/q;;;+3/p-3. The van der Waals surface area contributed by atoms with Crippen molar-refractivity contribution in [1.82, 2.24) is 0 Å². The normalized spacial score (nSPS) is 8.90. The Bertz CT molecular complexity index is 903. The predicted octanol–water partition coefficient (Wildman–Crippen LogP) is -0.733. The molecule has 0 aliphatic rings. The maximum absolute atomic E-state index is 10.2. The molecule has 3 N–H and O–H groups in total. The molecule has 0 saturated heterocycles. The van der Waals surface area contributed by atoms with Crippen LogP contribution in [-0.2, 0) is 0 Å². The van der Waals surface area contributed by atoms with Crippen molar-refractivity contribution >= 4 is 17.9 Å². The third-order valence-corrected chi connectivity index (χ3v) is 3.37. The van der Waals surface area contributed by atoms with E-state index in [1.54, 1.807) is 18.2 Å².